The van der Waals surface area contributed by atoms with Gasteiger partial charge in [-0.15, -0.1) is 6.58 Å². The van der Waals surface area contributed by atoms with Crippen molar-refractivity contribution in [2.45, 2.75) is 97.1 Å². The summed E-state index contributed by atoms with van der Waals surface area (Å²) in [7, 11) is -2.26. The fraction of sp³-hybridized carbons (Fsp3) is 0.889. The molecule has 134 valence electrons. The van der Waals surface area contributed by atoms with Gasteiger partial charge in [-0.25, -0.2) is 0 Å². The molecule has 23 heavy (non-hydrogen) atoms. The molecule has 1 aliphatic heterocycles. The molecule has 1 fully saturated rings. The molecule has 5 heteroatoms. The molecule has 0 atom stereocenters. The lowest BCUT2D eigenvalue weighted by Gasteiger charge is -2.42. The molecule has 0 aromatic carbocycles. The largest absolute Gasteiger partial charge is 0.492 e. The van der Waals surface area contributed by atoms with Crippen molar-refractivity contribution in [2.24, 2.45) is 0 Å². The number of hydrogen-bond acceptors (Lipinski definition) is 3. The SMILES string of the molecule is C=C(CO[Si](C(C)C)(C(C)C)C(C)C)B1OC(C)(C)C(C)(C)O1. The van der Waals surface area contributed by atoms with E-state index in [-0.39, 0.29) is 18.3 Å². The van der Waals surface area contributed by atoms with Crippen LogP contribution in [-0.4, -0.2) is 33.2 Å². The number of rotatable bonds is 7. The normalized spacial score (nSPS) is 20.8. The zero-order valence-electron chi connectivity index (χ0n) is 16.9. The average Bonchev–Trinajstić information content (AvgIpc) is 2.57. The molecule has 0 amide bonds. The Labute approximate surface area is 145 Å². The van der Waals surface area contributed by atoms with Crippen molar-refractivity contribution >= 4 is 15.4 Å². The molecule has 0 unspecified atom stereocenters. The van der Waals surface area contributed by atoms with Crippen LogP contribution in [0.1, 0.15) is 69.2 Å². The standard InChI is InChI=1S/C18H37BO3Si/c1-13(2)23(14(3)4,15(5)6)20-12-16(7)19-21-17(8,9)18(10,11)22-19/h13-15H,7,12H2,1-6,8-11H3. The highest BCUT2D eigenvalue weighted by Crippen LogP contribution is 2.43. The van der Waals surface area contributed by atoms with Gasteiger partial charge in [0.05, 0.1) is 17.8 Å². The zero-order valence-corrected chi connectivity index (χ0v) is 17.9. The van der Waals surface area contributed by atoms with Gasteiger partial charge in [0.15, 0.2) is 0 Å². The molecule has 0 N–H and O–H groups in total. The van der Waals surface area contributed by atoms with Gasteiger partial charge in [0.25, 0.3) is 0 Å². The summed E-state index contributed by atoms with van der Waals surface area (Å²) in [5, 5.41) is 0. The first kappa shape index (κ1) is 20.9. The van der Waals surface area contributed by atoms with Crippen LogP contribution in [0.3, 0.4) is 0 Å². The van der Waals surface area contributed by atoms with Crippen molar-refractivity contribution in [3.63, 3.8) is 0 Å². The van der Waals surface area contributed by atoms with Crippen LogP contribution in [0.2, 0.25) is 16.6 Å². The summed E-state index contributed by atoms with van der Waals surface area (Å²) in [6, 6.07) is 0. The lowest BCUT2D eigenvalue weighted by molar-refractivity contribution is 0.00578. The van der Waals surface area contributed by atoms with E-state index in [1.54, 1.807) is 0 Å². The Morgan fingerprint density at radius 1 is 0.913 bits per heavy atom. The van der Waals surface area contributed by atoms with E-state index in [4.69, 9.17) is 13.7 Å². The van der Waals surface area contributed by atoms with Crippen LogP contribution >= 0.6 is 0 Å². The Balaban J connectivity index is 2.82. The molecular formula is C18H37BO3Si. The Morgan fingerprint density at radius 3 is 1.57 bits per heavy atom. The molecule has 0 aliphatic carbocycles. The van der Waals surface area contributed by atoms with Crippen LogP contribution in [0, 0.1) is 0 Å². The van der Waals surface area contributed by atoms with E-state index in [9.17, 15) is 0 Å². The quantitative estimate of drug-likeness (QED) is 0.584. The van der Waals surface area contributed by atoms with Crippen LogP contribution < -0.4 is 0 Å². The van der Waals surface area contributed by atoms with Crippen molar-refractivity contribution in [3.05, 3.63) is 12.1 Å². The van der Waals surface area contributed by atoms with E-state index in [0.29, 0.717) is 23.2 Å². The minimum absolute atomic E-state index is 0.330. The maximum absolute atomic E-state index is 6.60. The van der Waals surface area contributed by atoms with Gasteiger partial charge in [-0.3, -0.25) is 0 Å². The topological polar surface area (TPSA) is 27.7 Å². The highest BCUT2D eigenvalue weighted by molar-refractivity contribution is 6.77. The molecule has 0 aromatic rings. The molecule has 1 aliphatic rings. The zero-order chi connectivity index (χ0) is 18.2. The molecule has 0 aromatic heterocycles. The van der Waals surface area contributed by atoms with Crippen molar-refractivity contribution < 1.29 is 13.7 Å². The van der Waals surface area contributed by atoms with E-state index in [2.05, 4.69) is 75.8 Å². The molecule has 0 spiro atoms. The van der Waals surface area contributed by atoms with E-state index in [0.717, 1.165) is 5.47 Å². The Hall–Kier alpha value is -0.0982. The van der Waals surface area contributed by atoms with Crippen LogP contribution in [-0.2, 0) is 13.7 Å². The summed E-state index contributed by atoms with van der Waals surface area (Å²) in [6.45, 7) is 26.8. The van der Waals surface area contributed by atoms with Crippen LogP contribution in [0.15, 0.2) is 12.1 Å². The first-order valence-electron chi connectivity index (χ1n) is 8.95. The predicted molar refractivity (Wildman–Crippen MR) is 102 cm³/mol. The van der Waals surface area contributed by atoms with Gasteiger partial charge < -0.3 is 13.7 Å². The van der Waals surface area contributed by atoms with Crippen LogP contribution in [0.25, 0.3) is 0 Å². The third-order valence-electron chi connectivity index (χ3n) is 5.80. The highest BCUT2D eigenvalue weighted by Gasteiger charge is 2.52. The first-order chi connectivity index (χ1) is 10.3. The van der Waals surface area contributed by atoms with Gasteiger partial charge in [0, 0.05) is 0 Å². The Kier molecular flexibility index (Phi) is 6.40. The molecule has 3 nitrogen and oxygen atoms in total. The second-order valence-electron chi connectivity index (χ2n) is 8.85. The minimum atomic E-state index is -1.88. The van der Waals surface area contributed by atoms with Gasteiger partial charge in [-0.05, 0) is 49.8 Å². The van der Waals surface area contributed by atoms with Crippen LogP contribution in [0.4, 0.5) is 0 Å². The summed E-state index contributed by atoms with van der Waals surface area (Å²) < 4.78 is 18.8. The van der Waals surface area contributed by atoms with Crippen molar-refractivity contribution in [1.29, 1.82) is 0 Å². The van der Waals surface area contributed by atoms with Crippen molar-refractivity contribution in [1.82, 2.24) is 0 Å². The molecule has 1 rings (SSSR count). The molecule has 0 bridgehead atoms. The fourth-order valence-corrected chi connectivity index (χ4v) is 9.23. The van der Waals surface area contributed by atoms with Gasteiger partial charge >= 0.3 is 7.12 Å². The summed E-state index contributed by atoms with van der Waals surface area (Å²) in [5.41, 5.74) is 1.92. The van der Waals surface area contributed by atoms with Gasteiger partial charge in [0.1, 0.15) is 0 Å². The molecule has 1 saturated heterocycles. The highest BCUT2D eigenvalue weighted by atomic mass is 28.4. The van der Waals surface area contributed by atoms with E-state index in [1.165, 1.54) is 0 Å². The molecule has 0 radical (unpaired) electrons. The smallest absolute Gasteiger partial charge is 0.413 e. The van der Waals surface area contributed by atoms with Gasteiger partial charge in [-0.2, -0.15) is 0 Å². The van der Waals surface area contributed by atoms with Gasteiger partial charge in [-0.1, -0.05) is 41.5 Å². The monoisotopic (exact) mass is 340 g/mol. The molecule has 1 heterocycles. The van der Waals surface area contributed by atoms with E-state index >= 15 is 0 Å². The summed E-state index contributed by atoms with van der Waals surface area (Å²) in [4.78, 5) is 0. The molecular weight excluding hydrogens is 303 g/mol. The fourth-order valence-electron chi connectivity index (χ4n) is 3.80. The van der Waals surface area contributed by atoms with Crippen molar-refractivity contribution in [3.8, 4) is 0 Å². The van der Waals surface area contributed by atoms with Gasteiger partial charge in [0.2, 0.25) is 8.32 Å². The van der Waals surface area contributed by atoms with Crippen molar-refractivity contribution in [2.75, 3.05) is 6.61 Å². The Morgan fingerprint density at radius 2 is 1.26 bits per heavy atom. The lowest BCUT2D eigenvalue weighted by atomic mass is 9.80. The Bertz CT molecular complexity index is 392. The van der Waals surface area contributed by atoms with E-state index in [1.807, 2.05) is 0 Å². The maximum atomic E-state index is 6.60. The average molecular weight is 340 g/mol. The van der Waals surface area contributed by atoms with E-state index < -0.39 is 8.32 Å². The number of hydrogen-bond donors (Lipinski definition) is 0. The summed E-state index contributed by atoms with van der Waals surface area (Å²) >= 11 is 0. The summed E-state index contributed by atoms with van der Waals surface area (Å²) in [6.07, 6.45) is 0. The third-order valence-corrected chi connectivity index (χ3v) is 11.9. The lowest BCUT2D eigenvalue weighted by Crippen LogP contribution is -2.48. The molecule has 0 saturated carbocycles. The second-order valence-corrected chi connectivity index (χ2v) is 14.3. The first-order valence-corrected chi connectivity index (χ1v) is 11.1. The summed E-state index contributed by atoms with van der Waals surface area (Å²) in [5.74, 6) is 0. The second kappa shape index (κ2) is 7.03. The maximum Gasteiger partial charge on any atom is 0.492 e. The predicted octanol–water partition coefficient (Wildman–Crippen LogP) is 5.37. The van der Waals surface area contributed by atoms with Crippen LogP contribution in [0.5, 0.6) is 0 Å². The minimum Gasteiger partial charge on any atom is -0.413 e. The third kappa shape index (κ3) is 3.94.